The second-order valence-corrected chi connectivity index (χ2v) is 7.42. The molecule has 2 aromatic heterocycles. The van der Waals surface area contributed by atoms with Crippen LogP contribution in [0.15, 0.2) is 67.0 Å². The molecule has 0 saturated heterocycles. The van der Waals surface area contributed by atoms with Gasteiger partial charge >= 0.3 is 6.18 Å². The lowest BCUT2D eigenvalue weighted by Crippen LogP contribution is -2.16. The third-order valence-electron chi connectivity index (χ3n) is 4.95. The molecule has 0 unspecified atom stereocenters. The SMILES string of the molecule is Cc1cc(C)n(Cc2cccc(C(=O)Nc3cc(C(F)(F)F)ccc3-n3cccn3)c2)n1. The largest absolute Gasteiger partial charge is 0.416 e. The topological polar surface area (TPSA) is 64.7 Å². The van der Waals surface area contributed by atoms with Gasteiger partial charge in [-0.2, -0.15) is 23.4 Å². The van der Waals surface area contributed by atoms with E-state index in [0.717, 1.165) is 29.1 Å². The summed E-state index contributed by atoms with van der Waals surface area (Å²) in [6, 6.07) is 13.7. The quantitative estimate of drug-likeness (QED) is 0.476. The van der Waals surface area contributed by atoms with Gasteiger partial charge in [0.25, 0.3) is 5.91 Å². The number of rotatable bonds is 5. The van der Waals surface area contributed by atoms with Crippen LogP contribution in [0.4, 0.5) is 18.9 Å². The number of hydrogen-bond donors (Lipinski definition) is 1. The first-order valence-corrected chi connectivity index (χ1v) is 9.83. The molecule has 2 aromatic carbocycles. The number of aryl methyl sites for hydroxylation is 2. The molecule has 164 valence electrons. The van der Waals surface area contributed by atoms with Gasteiger partial charge in [0.15, 0.2) is 0 Å². The first-order valence-electron chi connectivity index (χ1n) is 9.83. The zero-order chi connectivity index (χ0) is 22.9. The van der Waals surface area contributed by atoms with Crippen LogP contribution in [0.5, 0.6) is 0 Å². The first-order chi connectivity index (χ1) is 15.2. The number of aromatic nitrogens is 4. The molecule has 4 rings (SSSR count). The van der Waals surface area contributed by atoms with Crippen LogP contribution < -0.4 is 5.32 Å². The molecule has 2 heterocycles. The van der Waals surface area contributed by atoms with Gasteiger partial charge in [0, 0.05) is 23.7 Å². The van der Waals surface area contributed by atoms with E-state index in [-0.39, 0.29) is 5.69 Å². The number of amides is 1. The molecule has 1 N–H and O–H groups in total. The molecule has 0 radical (unpaired) electrons. The van der Waals surface area contributed by atoms with Crippen molar-refractivity contribution in [1.82, 2.24) is 19.6 Å². The Kier molecular flexibility index (Phi) is 5.56. The Hall–Kier alpha value is -3.88. The fraction of sp³-hybridized carbons (Fsp3) is 0.174. The Bertz CT molecular complexity index is 1260. The number of carbonyl (C=O) groups excluding carboxylic acids is 1. The Balaban J connectivity index is 1.63. The third-order valence-corrected chi connectivity index (χ3v) is 4.95. The van der Waals surface area contributed by atoms with Crippen molar-refractivity contribution in [2.45, 2.75) is 26.6 Å². The molecule has 32 heavy (non-hydrogen) atoms. The maximum absolute atomic E-state index is 13.3. The average molecular weight is 439 g/mol. The molecule has 1 amide bonds. The maximum Gasteiger partial charge on any atom is 0.416 e. The van der Waals surface area contributed by atoms with Crippen LogP contribution in [0.2, 0.25) is 0 Å². The number of carbonyl (C=O) groups is 1. The highest BCUT2D eigenvalue weighted by atomic mass is 19.4. The van der Waals surface area contributed by atoms with Crippen LogP contribution in [0.25, 0.3) is 5.69 Å². The molecule has 0 fully saturated rings. The fourth-order valence-electron chi connectivity index (χ4n) is 3.44. The van der Waals surface area contributed by atoms with Crippen molar-refractivity contribution >= 4 is 11.6 Å². The minimum absolute atomic E-state index is 0.0115. The number of benzene rings is 2. The van der Waals surface area contributed by atoms with Crippen molar-refractivity contribution in [3.63, 3.8) is 0 Å². The summed E-state index contributed by atoms with van der Waals surface area (Å²) in [6.45, 7) is 4.32. The van der Waals surface area contributed by atoms with Crippen LogP contribution in [-0.4, -0.2) is 25.5 Å². The molecule has 0 aliphatic rings. The second kappa shape index (κ2) is 8.33. The molecular formula is C23H20F3N5O. The van der Waals surface area contributed by atoms with Crippen LogP contribution in [0.3, 0.4) is 0 Å². The molecule has 0 bridgehead atoms. The van der Waals surface area contributed by atoms with Gasteiger partial charge in [-0.25, -0.2) is 4.68 Å². The van der Waals surface area contributed by atoms with E-state index >= 15 is 0 Å². The minimum Gasteiger partial charge on any atom is -0.320 e. The zero-order valence-electron chi connectivity index (χ0n) is 17.4. The first kappa shape index (κ1) is 21.4. The fourth-order valence-corrected chi connectivity index (χ4v) is 3.44. The van der Waals surface area contributed by atoms with Crippen molar-refractivity contribution < 1.29 is 18.0 Å². The predicted octanol–water partition coefficient (Wildman–Crippen LogP) is 5.01. The molecule has 0 spiro atoms. The van der Waals surface area contributed by atoms with Crippen LogP contribution in [0, 0.1) is 13.8 Å². The molecule has 0 atom stereocenters. The number of nitrogens with one attached hydrogen (secondary N) is 1. The van der Waals surface area contributed by atoms with Gasteiger partial charge in [0.1, 0.15) is 0 Å². The summed E-state index contributed by atoms with van der Waals surface area (Å²) in [6.07, 6.45) is -1.44. The summed E-state index contributed by atoms with van der Waals surface area (Å²) in [5, 5.41) is 11.1. The van der Waals surface area contributed by atoms with Crippen molar-refractivity contribution in [3.05, 3.63) is 95.1 Å². The molecule has 0 saturated carbocycles. The zero-order valence-corrected chi connectivity index (χ0v) is 17.4. The summed E-state index contributed by atoms with van der Waals surface area (Å²) >= 11 is 0. The van der Waals surface area contributed by atoms with Gasteiger partial charge in [0.05, 0.1) is 29.2 Å². The Morgan fingerprint density at radius 1 is 1.06 bits per heavy atom. The van der Waals surface area contributed by atoms with Crippen molar-refractivity contribution in [2.24, 2.45) is 0 Å². The van der Waals surface area contributed by atoms with Gasteiger partial charge < -0.3 is 5.32 Å². The van der Waals surface area contributed by atoms with E-state index in [4.69, 9.17) is 0 Å². The summed E-state index contributed by atoms with van der Waals surface area (Å²) in [4.78, 5) is 12.9. The molecular weight excluding hydrogens is 419 g/mol. The van der Waals surface area contributed by atoms with Gasteiger partial charge in [0.2, 0.25) is 0 Å². The molecule has 9 heteroatoms. The number of alkyl halides is 3. The van der Waals surface area contributed by atoms with Gasteiger partial charge in [-0.05, 0) is 61.9 Å². The second-order valence-electron chi connectivity index (χ2n) is 7.42. The molecule has 0 aliphatic heterocycles. The molecule has 6 nitrogen and oxygen atoms in total. The lowest BCUT2D eigenvalue weighted by molar-refractivity contribution is -0.137. The highest BCUT2D eigenvalue weighted by Crippen LogP contribution is 2.33. The van der Waals surface area contributed by atoms with Crippen molar-refractivity contribution in [1.29, 1.82) is 0 Å². The van der Waals surface area contributed by atoms with Gasteiger partial charge in [-0.15, -0.1) is 0 Å². The van der Waals surface area contributed by atoms with E-state index in [9.17, 15) is 18.0 Å². The van der Waals surface area contributed by atoms with Crippen LogP contribution in [0.1, 0.15) is 32.9 Å². The van der Waals surface area contributed by atoms with Crippen molar-refractivity contribution in [2.75, 3.05) is 5.32 Å². The minimum atomic E-state index is -4.54. The number of anilines is 1. The monoisotopic (exact) mass is 439 g/mol. The van der Waals surface area contributed by atoms with E-state index in [1.807, 2.05) is 30.7 Å². The van der Waals surface area contributed by atoms with Crippen LogP contribution >= 0.6 is 0 Å². The molecule has 0 aliphatic carbocycles. The van der Waals surface area contributed by atoms with E-state index in [0.29, 0.717) is 17.8 Å². The highest BCUT2D eigenvalue weighted by molar-refractivity contribution is 6.05. The highest BCUT2D eigenvalue weighted by Gasteiger charge is 2.31. The van der Waals surface area contributed by atoms with E-state index in [1.165, 1.54) is 16.9 Å². The lowest BCUT2D eigenvalue weighted by Gasteiger charge is -2.15. The number of hydrogen-bond acceptors (Lipinski definition) is 3. The van der Waals surface area contributed by atoms with E-state index in [2.05, 4.69) is 15.5 Å². The summed E-state index contributed by atoms with van der Waals surface area (Å²) < 4.78 is 43.0. The predicted molar refractivity (Wildman–Crippen MR) is 114 cm³/mol. The maximum atomic E-state index is 13.3. The normalized spacial score (nSPS) is 11.5. The van der Waals surface area contributed by atoms with Gasteiger partial charge in [-0.1, -0.05) is 12.1 Å². The third kappa shape index (κ3) is 4.56. The standard InChI is InChI=1S/C23H20F3N5O/c1-15-11-16(2)31(29-15)14-17-5-3-6-18(12-17)22(32)28-20-13-19(23(24,25)26)7-8-21(20)30-10-4-9-27-30/h3-13H,14H2,1-2H3,(H,28,32). The van der Waals surface area contributed by atoms with E-state index in [1.54, 1.807) is 30.5 Å². The summed E-state index contributed by atoms with van der Waals surface area (Å²) in [7, 11) is 0. The lowest BCUT2D eigenvalue weighted by atomic mass is 10.1. The number of nitrogens with zero attached hydrogens (tertiary/aromatic N) is 4. The molecule has 4 aromatic rings. The van der Waals surface area contributed by atoms with Gasteiger partial charge in [-0.3, -0.25) is 9.48 Å². The Labute approximate surface area is 182 Å². The van der Waals surface area contributed by atoms with Crippen LogP contribution in [-0.2, 0) is 12.7 Å². The smallest absolute Gasteiger partial charge is 0.320 e. The summed E-state index contributed by atoms with van der Waals surface area (Å²) in [5.74, 6) is -0.520. The summed E-state index contributed by atoms with van der Waals surface area (Å²) in [5.41, 5.74) is 2.54. The Morgan fingerprint density at radius 3 is 2.53 bits per heavy atom. The van der Waals surface area contributed by atoms with E-state index < -0.39 is 17.6 Å². The number of halogens is 3. The van der Waals surface area contributed by atoms with Crippen molar-refractivity contribution in [3.8, 4) is 5.69 Å². The Morgan fingerprint density at radius 2 is 1.88 bits per heavy atom. The average Bonchev–Trinajstić information content (AvgIpc) is 3.37.